The molecular formula is C22H34N4O. The summed E-state index contributed by atoms with van der Waals surface area (Å²) in [6.45, 7) is 7.00. The fourth-order valence-corrected chi connectivity index (χ4v) is 4.96. The molecule has 5 heteroatoms. The normalized spacial score (nSPS) is 22.8. The average Bonchev–Trinajstić information content (AvgIpc) is 2.75. The van der Waals surface area contributed by atoms with E-state index < -0.39 is 0 Å². The number of carbonyl (C=O) groups is 1. The van der Waals surface area contributed by atoms with Gasteiger partial charge in [-0.2, -0.15) is 0 Å². The van der Waals surface area contributed by atoms with Gasteiger partial charge in [0.05, 0.1) is 5.56 Å². The number of pyridine rings is 1. The van der Waals surface area contributed by atoms with E-state index in [1.54, 1.807) is 0 Å². The van der Waals surface area contributed by atoms with E-state index in [-0.39, 0.29) is 5.91 Å². The number of nitrogens with zero attached hydrogens (tertiary/aromatic N) is 4. The van der Waals surface area contributed by atoms with E-state index >= 15 is 0 Å². The lowest BCUT2D eigenvalue weighted by molar-refractivity contribution is 0.0606. The van der Waals surface area contributed by atoms with Gasteiger partial charge in [-0.1, -0.05) is 19.3 Å². The zero-order valence-electron chi connectivity index (χ0n) is 16.6. The molecule has 3 aliphatic rings. The van der Waals surface area contributed by atoms with E-state index in [4.69, 9.17) is 0 Å². The molecule has 0 unspecified atom stereocenters. The van der Waals surface area contributed by atoms with Crippen LogP contribution in [-0.4, -0.2) is 66.5 Å². The molecule has 5 nitrogen and oxygen atoms in total. The number of hydrogen-bond acceptors (Lipinski definition) is 4. The highest BCUT2D eigenvalue weighted by atomic mass is 16.2. The Hall–Kier alpha value is -1.62. The van der Waals surface area contributed by atoms with Crippen LogP contribution in [0.5, 0.6) is 0 Å². The molecule has 0 bridgehead atoms. The Balaban J connectivity index is 1.35. The van der Waals surface area contributed by atoms with Crippen molar-refractivity contribution >= 4 is 11.7 Å². The van der Waals surface area contributed by atoms with Crippen LogP contribution in [0.3, 0.4) is 0 Å². The van der Waals surface area contributed by atoms with Gasteiger partial charge in [-0.25, -0.2) is 4.98 Å². The number of anilines is 1. The molecule has 0 radical (unpaired) electrons. The molecule has 27 heavy (non-hydrogen) atoms. The van der Waals surface area contributed by atoms with Crippen LogP contribution in [0.15, 0.2) is 18.3 Å². The van der Waals surface area contributed by atoms with Crippen molar-refractivity contribution in [1.29, 1.82) is 0 Å². The number of piperidine rings is 1. The molecule has 0 aromatic carbocycles. The SMILES string of the molecule is O=C(c1cccnc1N1CCCCC1)N1CCN(CC2CCCCC2)CC1. The molecule has 0 N–H and O–H groups in total. The second-order valence-electron chi connectivity index (χ2n) is 8.52. The second kappa shape index (κ2) is 9.05. The number of rotatable bonds is 4. The van der Waals surface area contributed by atoms with E-state index in [0.717, 1.165) is 56.6 Å². The molecule has 0 spiro atoms. The molecule has 3 heterocycles. The number of amides is 1. The summed E-state index contributed by atoms with van der Waals surface area (Å²) in [6.07, 6.45) is 12.5. The van der Waals surface area contributed by atoms with Crippen molar-refractivity contribution in [2.75, 3.05) is 50.7 Å². The summed E-state index contributed by atoms with van der Waals surface area (Å²) < 4.78 is 0. The Morgan fingerprint density at radius 1 is 0.926 bits per heavy atom. The van der Waals surface area contributed by atoms with Gasteiger partial charge < -0.3 is 9.80 Å². The number of piperazine rings is 1. The summed E-state index contributed by atoms with van der Waals surface area (Å²) in [7, 11) is 0. The highest BCUT2D eigenvalue weighted by Gasteiger charge is 2.27. The molecule has 1 amide bonds. The van der Waals surface area contributed by atoms with Crippen molar-refractivity contribution in [3.8, 4) is 0 Å². The van der Waals surface area contributed by atoms with Crippen LogP contribution in [0, 0.1) is 5.92 Å². The molecule has 1 aromatic heterocycles. The molecule has 0 atom stereocenters. The number of aromatic nitrogens is 1. The van der Waals surface area contributed by atoms with Crippen LogP contribution in [0.25, 0.3) is 0 Å². The van der Waals surface area contributed by atoms with E-state index in [9.17, 15) is 4.79 Å². The highest BCUT2D eigenvalue weighted by molar-refractivity contribution is 5.99. The summed E-state index contributed by atoms with van der Waals surface area (Å²) in [6, 6.07) is 3.87. The zero-order chi connectivity index (χ0) is 18.5. The minimum atomic E-state index is 0.168. The Kier molecular flexibility index (Phi) is 6.28. The van der Waals surface area contributed by atoms with Crippen LogP contribution in [-0.2, 0) is 0 Å². The van der Waals surface area contributed by atoms with Crippen LogP contribution in [0.2, 0.25) is 0 Å². The molecule has 4 rings (SSSR count). The Bertz CT molecular complexity index is 614. The molecule has 148 valence electrons. The first kappa shape index (κ1) is 18.7. The van der Waals surface area contributed by atoms with Crippen molar-refractivity contribution in [3.05, 3.63) is 23.9 Å². The summed E-state index contributed by atoms with van der Waals surface area (Å²) in [5.74, 6) is 1.94. The van der Waals surface area contributed by atoms with Gasteiger partial charge in [-0.05, 0) is 50.2 Å². The van der Waals surface area contributed by atoms with Crippen molar-refractivity contribution in [1.82, 2.24) is 14.8 Å². The third-order valence-corrected chi connectivity index (χ3v) is 6.57. The second-order valence-corrected chi connectivity index (χ2v) is 8.52. The van der Waals surface area contributed by atoms with E-state index in [1.165, 1.54) is 57.9 Å². The zero-order valence-corrected chi connectivity index (χ0v) is 16.6. The maximum Gasteiger partial charge on any atom is 0.257 e. The van der Waals surface area contributed by atoms with Crippen LogP contribution >= 0.6 is 0 Å². The molecular weight excluding hydrogens is 336 g/mol. The first-order valence-corrected chi connectivity index (χ1v) is 11.0. The Labute approximate surface area is 163 Å². The lowest BCUT2D eigenvalue weighted by atomic mass is 9.89. The van der Waals surface area contributed by atoms with Crippen molar-refractivity contribution in [2.24, 2.45) is 5.92 Å². The standard InChI is InChI=1S/C22H34N4O/c27-22(20-10-7-11-23-21(20)25-12-5-2-6-13-25)26-16-14-24(15-17-26)18-19-8-3-1-4-9-19/h7,10-11,19H,1-6,8-9,12-18H2. The van der Waals surface area contributed by atoms with Crippen molar-refractivity contribution in [2.45, 2.75) is 51.4 Å². The summed E-state index contributed by atoms with van der Waals surface area (Å²) in [5, 5.41) is 0. The molecule has 2 aliphatic heterocycles. The van der Waals surface area contributed by atoms with E-state index in [0.29, 0.717) is 0 Å². The predicted octanol–water partition coefficient (Wildman–Crippen LogP) is 3.41. The molecule has 3 fully saturated rings. The van der Waals surface area contributed by atoms with Gasteiger partial charge in [0.15, 0.2) is 0 Å². The van der Waals surface area contributed by atoms with Crippen molar-refractivity contribution in [3.63, 3.8) is 0 Å². The quantitative estimate of drug-likeness (QED) is 0.814. The maximum absolute atomic E-state index is 13.2. The van der Waals surface area contributed by atoms with Gasteiger partial charge in [0.25, 0.3) is 5.91 Å². The molecule has 1 aliphatic carbocycles. The molecule has 1 aromatic rings. The van der Waals surface area contributed by atoms with Gasteiger partial charge in [-0.15, -0.1) is 0 Å². The monoisotopic (exact) mass is 370 g/mol. The predicted molar refractivity (Wildman–Crippen MR) is 109 cm³/mol. The minimum Gasteiger partial charge on any atom is -0.356 e. The third kappa shape index (κ3) is 4.63. The van der Waals surface area contributed by atoms with Crippen LogP contribution in [0.1, 0.15) is 61.7 Å². The largest absolute Gasteiger partial charge is 0.356 e. The van der Waals surface area contributed by atoms with Gasteiger partial charge in [0, 0.05) is 52.0 Å². The van der Waals surface area contributed by atoms with Gasteiger partial charge in [0.1, 0.15) is 5.82 Å². The van der Waals surface area contributed by atoms with Crippen LogP contribution < -0.4 is 4.90 Å². The average molecular weight is 371 g/mol. The van der Waals surface area contributed by atoms with E-state index in [1.807, 2.05) is 23.2 Å². The highest BCUT2D eigenvalue weighted by Crippen LogP contribution is 2.26. The summed E-state index contributed by atoms with van der Waals surface area (Å²) in [4.78, 5) is 24.7. The lowest BCUT2D eigenvalue weighted by Gasteiger charge is -2.38. The maximum atomic E-state index is 13.2. The fraction of sp³-hybridized carbons (Fsp3) is 0.727. The summed E-state index contributed by atoms with van der Waals surface area (Å²) in [5.41, 5.74) is 0.792. The first-order chi connectivity index (χ1) is 13.3. The van der Waals surface area contributed by atoms with Gasteiger partial charge >= 0.3 is 0 Å². The number of hydrogen-bond donors (Lipinski definition) is 0. The molecule has 2 saturated heterocycles. The topological polar surface area (TPSA) is 39.7 Å². The summed E-state index contributed by atoms with van der Waals surface area (Å²) >= 11 is 0. The Morgan fingerprint density at radius 3 is 2.37 bits per heavy atom. The Morgan fingerprint density at radius 2 is 1.63 bits per heavy atom. The number of carbonyl (C=O) groups excluding carboxylic acids is 1. The minimum absolute atomic E-state index is 0.168. The third-order valence-electron chi connectivity index (χ3n) is 6.57. The van der Waals surface area contributed by atoms with Crippen molar-refractivity contribution < 1.29 is 4.79 Å². The smallest absolute Gasteiger partial charge is 0.257 e. The van der Waals surface area contributed by atoms with Crippen LogP contribution in [0.4, 0.5) is 5.82 Å². The van der Waals surface area contributed by atoms with E-state index in [2.05, 4.69) is 14.8 Å². The molecule has 1 saturated carbocycles. The first-order valence-electron chi connectivity index (χ1n) is 11.0. The lowest BCUT2D eigenvalue weighted by Crippen LogP contribution is -2.50. The fourth-order valence-electron chi connectivity index (χ4n) is 4.96. The van der Waals surface area contributed by atoms with Gasteiger partial charge in [0.2, 0.25) is 0 Å². The van der Waals surface area contributed by atoms with Gasteiger partial charge in [-0.3, -0.25) is 9.69 Å².